The molecule has 2 aromatic rings. The van der Waals surface area contributed by atoms with Crippen molar-refractivity contribution in [2.45, 2.75) is 19.9 Å². The van der Waals surface area contributed by atoms with Gasteiger partial charge in [0.25, 0.3) is 5.56 Å². The van der Waals surface area contributed by atoms with Crippen molar-refractivity contribution in [2.24, 2.45) is 0 Å². The van der Waals surface area contributed by atoms with Crippen LogP contribution in [0.3, 0.4) is 0 Å². The largest absolute Gasteiger partial charge is 0.465 e. The van der Waals surface area contributed by atoms with Crippen LogP contribution in [0.2, 0.25) is 5.02 Å². The standard InChI is InChI=1S/C23H20ClN3O3/c1-14-6-4-5-7-20(14)27-22(28)18-12-26(13-19(21(18)25-27)23(29)30-3)15(2)16-8-10-17(24)11-9-16/h4-13,15H,1-3H3. The molecule has 0 amide bonds. The van der Waals surface area contributed by atoms with Gasteiger partial charge in [0.15, 0.2) is 0 Å². The molecular weight excluding hydrogens is 402 g/mol. The number of halogens is 1. The van der Waals surface area contributed by atoms with E-state index >= 15 is 0 Å². The molecule has 2 heterocycles. The number of ether oxygens (including phenoxy) is 1. The second-order valence-electron chi connectivity index (χ2n) is 7.10. The third kappa shape index (κ3) is 3.39. The molecule has 0 bridgehead atoms. The minimum Gasteiger partial charge on any atom is -0.465 e. The van der Waals surface area contributed by atoms with E-state index in [0.29, 0.717) is 22.0 Å². The summed E-state index contributed by atoms with van der Waals surface area (Å²) in [6, 6.07) is 14.8. The minimum absolute atomic E-state index is 0.142. The summed E-state index contributed by atoms with van der Waals surface area (Å²) in [5.74, 6) is -0.549. The Balaban J connectivity index is 1.94. The zero-order valence-electron chi connectivity index (χ0n) is 16.8. The Labute approximate surface area is 178 Å². The van der Waals surface area contributed by atoms with E-state index in [1.807, 2.05) is 66.9 Å². The first-order chi connectivity index (χ1) is 14.4. The zero-order valence-corrected chi connectivity index (χ0v) is 17.6. The van der Waals surface area contributed by atoms with Gasteiger partial charge >= 0.3 is 5.97 Å². The molecule has 30 heavy (non-hydrogen) atoms. The molecule has 4 rings (SSSR count). The van der Waals surface area contributed by atoms with E-state index < -0.39 is 5.97 Å². The van der Waals surface area contributed by atoms with Crippen LogP contribution in [0.4, 0.5) is 0 Å². The molecule has 0 spiro atoms. The molecule has 0 N–H and O–H groups in total. The van der Waals surface area contributed by atoms with E-state index in [-0.39, 0.29) is 17.2 Å². The normalized spacial score (nSPS) is 12.1. The lowest BCUT2D eigenvalue weighted by atomic mass is 10.1. The Morgan fingerprint density at radius 1 is 1.10 bits per heavy atom. The second-order valence-corrected chi connectivity index (χ2v) is 7.54. The van der Waals surface area contributed by atoms with Gasteiger partial charge in [-0.25, -0.2) is 4.79 Å². The van der Waals surface area contributed by atoms with Crippen molar-refractivity contribution in [1.29, 1.82) is 0 Å². The first-order valence-electron chi connectivity index (χ1n) is 9.45. The predicted octanol–water partition coefficient (Wildman–Crippen LogP) is 4.50. The molecule has 2 aliphatic heterocycles. The number of aryl methyl sites for hydroxylation is 1. The van der Waals surface area contributed by atoms with E-state index in [1.165, 1.54) is 11.8 Å². The fraction of sp³-hybridized carbons (Fsp3) is 0.174. The molecular formula is C23H20ClN3O3. The zero-order chi connectivity index (χ0) is 21.4. The summed E-state index contributed by atoms with van der Waals surface area (Å²) < 4.78 is 8.12. The van der Waals surface area contributed by atoms with Crippen molar-refractivity contribution in [1.82, 2.24) is 14.3 Å². The van der Waals surface area contributed by atoms with E-state index in [2.05, 4.69) is 5.10 Å². The number of hydrogen-bond donors (Lipinski definition) is 0. The van der Waals surface area contributed by atoms with Crippen LogP contribution in [0.25, 0.3) is 16.9 Å². The highest BCUT2D eigenvalue weighted by atomic mass is 35.5. The maximum absolute atomic E-state index is 13.2. The molecule has 1 atom stereocenters. The van der Waals surface area contributed by atoms with E-state index in [1.54, 1.807) is 12.4 Å². The monoisotopic (exact) mass is 421 g/mol. The number of fused-ring (bicyclic) bond motifs is 1. The van der Waals surface area contributed by atoms with Crippen LogP contribution in [-0.2, 0) is 4.74 Å². The van der Waals surface area contributed by atoms with Crippen LogP contribution < -0.4 is 5.56 Å². The summed E-state index contributed by atoms with van der Waals surface area (Å²) in [4.78, 5) is 25.7. The highest BCUT2D eigenvalue weighted by Crippen LogP contribution is 2.28. The molecule has 2 aromatic carbocycles. The molecule has 0 saturated heterocycles. The van der Waals surface area contributed by atoms with Crippen molar-refractivity contribution in [2.75, 3.05) is 7.11 Å². The molecule has 0 saturated carbocycles. The van der Waals surface area contributed by atoms with Gasteiger partial charge in [0.1, 0.15) is 11.3 Å². The molecule has 0 radical (unpaired) electrons. The lowest BCUT2D eigenvalue weighted by Gasteiger charge is -2.19. The summed E-state index contributed by atoms with van der Waals surface area (Å²) in [6.45, 7) is 3.89. The quantitative estimate of drug-likeness (QED) is 0.455. The highest BCUT2D eigenvalue weighted by Gasteiger charge is 2.26. The number of carbonyl (C=O) groups excluding carboxylic acids is 1. The summed E-state index contributed by atoms with van der Waals surface area (Å²) in [6.07, 6.45) is 3.40. The average Bonchev–Trinajstić information content (AvgIpc) is 3.09. The number of hydrogen-bond acceptors (Lipinski definition) is 4. The van der Waals surface area contributed by atoms with Crippen LogP contribution in [-0.4, -0.2) is 27.4 Å². The van der Waals surface area contributed by atoms with Crippen molar-refractivity contribution in [3.8, 4) is 16.9 Å². The van der Waals surface area contributed by atoms with Gasteiger partial charge in [-0.3, -0.25) is 4.79 Å². The molecule has 6 nitrogen and oxygen atoms in total. The number of esters is 1. The number of carbonyl (C=O) groups is 1. The summed E-state index contributed by atoms with van der Waals surface area (Å²) in [7, 11) is 1.31. The van der Waals surface area contributed by atoms with Gasteiger partial charge in [-0.2, -0.15) is 9.78 Å². The van der Waals surface area contributed by atoms with Crippen molar-refractivity contribution < 1.29 is 9.53 Å². The number of benzene rings is 2. The van der Waals surface area contributed by atoms with Crippen molar-refractivity contribution in [3.63, 3.8) is 0 Å². The van der Waals surface area contributed by atoms with Crippen molar-refractivity contribution in [3.05, 3.63) is 93.0 Å². The van der Waals surface area contributed by atoms with Crippen molar-refractivity contribution >= 4 is 17.6 Å². The fourth-order valence-electron chi connectivity index (χ4n) is 3.49. The summed E-state index contributed by atoms with van der Waals surface area (Å²) in [5.41, 5.74) is 3.17. The van der Waals surface area contributed by atoms with Gasteiger partial charge in [0.2, 0.25) is 0 Å². The third-order valence-electron chi connectivity index (χ3n) is 5.24. The van der Waals surface area contributed by atoms with Crippen LogP contribution in [0, 0.1) is 6.92 Å². The van der Waals surface area contributed by atoms with Crippen LogP contribution in [0.5, 0.6) is 0 Å². The molecule has 0 aliphatic carbocycles. The summed E-state index contributed by atoms with van der Waals surface area (Å²) >= 11 is 6.00. The topological polar surface area (TPSA) is 66.1 Å². The Hall–Kier alpha value is -3.38. The first kappa shape index (κ1) is 19.9. The third-order valence-corrected chi connectivity index (χ3v) is 5.49. The number of para-hydroxylation sites is 1. The SMILES string of the molecule is COC(=O)c1cn(C(C)c2ccc(Cl)cc2)cc2c(=O)n(-c3ccccc3C)nc1-2. The molecule has 1 unspecified atom stereocenters. The number of pyridine rings is 1. The molecule has 0 aromatic heterocycles. The number of rotatable bonds is 4. The lowest BCUT2D eigenvalue weighted by molar-refractivity contribution is 0.0600. The van der Waals surface area contributed by atoms with Crippen LogP contribution in [0.1, 0.15) is 34.5 Å². The van der Waals surface area contributed by atoms with Gasteiger partial charge in [0.05, 0.1) is 24.4 Å². The molecule has 7 heteroatoms. The predicted molar refractivity (Wildman–Crippen MR) is 116 cm³/mol. The maximum Gasteiger partial charge on any atom is 0.341 e. The number of aromatic nitrogens is 3. The van der Waals surface area contributed by atoms with Gasteiger partial charge in [0, 0.05) is 17.4 Å². The van der Waals surface area contributed by atoms with E-state index in [9.17, 15) is 9.59 Å². The summed E-state index contributed by atoms with van der Waals surface area (Å²) in [5, 5.41) is 5.11. The van der Waals surface area contributed by atoms with Crippen LogP contribution in [0.15, 0.2) is 65.7 Å². The first-order valence-corrected chi connectivity index (χ1v) is 9.83. The van der Waals surface area contributed by atoms with Gasteiger partial charge in [-0.1, -0.05) is 41.9 Å². The minimum atomic E-state index is -0.549. The maximum atomic E-state index is 13.2. The highest BCUT2D eigenvalue weighted by molar-refractivity contribution is 6.30. The van der Waals surface area contributed by atoms with E-state index in [4.69, 9.17) is 16.3 Å². The number of nitrogens with zero attached hydrogens (tertiary/aromatic N) is 3. The average molecular weight is 422 g/mol. The molecule has 0 fully saturated rings. The van der Waals surface area contributed by atoms with Gasteiger partial charge in [-0.05, 0) is 43.2 Å². The second kappa shape index (κ2) is 7.80. The Bertz CT molecular complexity index is 1260. The number of methoxy groups -OCH3 is 1. The Morgan fingerprint density at radius 2 is 1.80 bits per heavy atom. The Kier molecular flexibility index (Phi) is 5.18. The molecule has 2 aliphatic rings. The van der Waals surface area contributed by atoms with Gasteiger partial charge < -0.3 is 9.30 Å². The van der Waals surface area contributed by atoms with E-state index in [0.717, 1.165) is 11.1 Å². The van der Waals surface area contributed by atoms with Crippen LogP contribution >= 0.6 is 11.6 Å². The van der Waals surface area contributed by atoms with Gasteiger partial charge in [-0.15, -0.1) is 0 Å². The molecule has 152 valence electrons. The smallest absolute Gasteiger partial charge is 0.341 e. The Morgan fingerprint density at radius 3 is 2.47 bits per heavy atom. The fourth-order valence-corrected chi connectivity index (χ4v) is 3.61. The lowest BCUT2D eigenvalue weighted by Crippen LogP contribution is -2.17.